The first kappa shape index (κ1) is 24.4. The molecule has 1 atom stereocenters. The lowest BCUT2D eigenvalue weighted by Crippen LogP contribution is -2.34. The quantitative estimate of drug-likeness (QED) is 0.598. The maximum atomic E-state index is 12.6. The summed E-state index contributed by atoms with van der Waals surface area (Å²) in [4.78, 5) is 23.7. The summed E-state index contributed by atoms with van der Waals surface area (Å²) in [5, 5.41) is 7.29. The molecule has 1 heterocycles. The zero-order chi connectivity index (χ0) is 24.2. The Morgan fingerprint density at radius 3 is 2.36 bits per heavy atom. The molecule has 2 aromatic rings. The Morgan fingerprint density at radius 2 is 1.79 bits per heavy atom. The molecule has 0 fully saturated rings. The summed E-state index contributed by atoms with van der Waals surface area (Å²) in [6, 6.07) is 11.1. The molecule has 0 radical (unpaired) electrons. The van der Waals surface area contributed by atoms with Crippen molar-refractivity contribution < 1.29 is 32.2 Å². The predicted octanol–water partition coefficient (Wildman–Crippen LogP) is 5.06. The van der Waals surface area contributed by atoms with Crippen molar-refractivity contribution in [2.45, 2.75) is 31.3 Å². The number of halogens is 3. The van der Waals surface area contributed by atoms with Crippen molar-refractivity contribution >= 4 is 34.3 Å². The van der Waals surface area contributed by atoms with Crippen LogP contribution in [0.2, 0.25) is 0 Å². The summed E-state index contributed by atoms with van der Waals surface area (Å²) in [5.74, 6) is -0.936. The predicted molar refractivity (Wildman–Crippen MR) is 120 cm³/mol. The molecule has 2 aromatic carbocycles. The van der Waals surface area contributed by atoms with Gasteiger partial charge < -0.3 is 14.8 Å². The van der Waals surface area contributed by atoms with Gasteiger partial charge in [-0.2, -0.15) is 18.3 Å². The first-order valence-corrected chi connectivity index (χ1v) is 10.8. The van der Waals surface area contributed by atoms with Crippen molar-refractivity contribution in [3.8, 4) is 11.5 Å². The van der Waals surface area contributed by atoms with Crippen LogP contribution >= 0.6 is 11.8 Å². The van der Waals surface area contributed by atoms with Crippen molar-refractivity contribution in [3.63, 3.8) is 0 Å². The molecule has 2 amide bonds. The van der Waals surface area contributed by atoms with Crippen LogP contribution < -0.4 is 14.8 Å². The number of hydrogen-bond donors (Lipinski definition) is 1. The highest BCUT2D eigenvalue weighted by molar-refractivity contribution is 8.14. The van der Waals surface area contributed by atoms with E-state index in [9.17, 15) is 22.8 Å². The van der Waals surface area contributed by atoms with E-state index in [0.717, 1.165) is 17.3 Å². The number of nitrogens with zero attached hydrogens (tertiary/aromatic N) is 2. The Bertz CT molecular complexity index is 1060. The van der Waals surface area contributed by atoms with Crippen molar-refractivity contribution in [2.75, 3.05) is 19.5 Å². The number of ether oxygens (including phenoxy) is 2. The SMILES string of the molecule is CCC1SC(=O)N(Cc2ccc(NC(=O)C(F)(F)F)cc2)N=C1c1ccc(OC)c(OC)c1. The minimum Gasteiger partial charge on any atom is -0.493 e. The van der Waals surface area contributed by atoms with Gasteiger partial charge in [-0.25, -0.2) is 5.01 Å². The van der Waals surface area contributed by atoms with Gasteiger partial charge in [0.05, 0.1) is 31.7 Å². The molecule has 0 spiro atoms. The molecular weight excluding hydrogens is 459 g/mol. The average Bonchev–Trinajstić information content (AvgIpc) is 2.80. The number of anilines is 1. The lowest BCUT2D eigenvalue weighted by atomic mass is 10.0. The summed E-state index contributed by atoms with van der Waals surface area (Å²) < 4.78 is 47.9. The number of thioether (sulfide) groups is 1. The number of hydrazone groups is 1. The van der Waals surface area contributed by atoms with Gasteiger partial charge in [-0.3, -0.25) is 9.59 Å². The maximum absolute atomic E-state index is 12.6. The second kappa shape index (κ2) is 10.2. The number of amides is 2. The van der Waals surface area contributed by atoms with Crippen molar-refractivity contribution in [2.24, 2.45) is 5.10 Å². The summed E-state index contributed by atoms with van der Waals surface area (Å²) in [6.45, 7) is 2.08. The molecule has 1 N–H and O–H groups in total. The number of benzene rings is 2. The second-order valence-corrected chi connectivity index (χ2v) is 8.20. The highest BCUT2D eigenvalue weighted by Gasteiger charge is 2.38. The number of hydrogen-bond acceptors (Lipinski definition) is 6. The Hall–Kier alpha value is -3.21. The molecule has 0 saturated carbocycles. The van der Waals surface area contributed by atoms with Crippen molar-refractivity contribution in [1.82, 2.24) is 5.01 Å². The van der Waals surface area contributed by atoms with Gasteiger partial charge in [0.2, 0.25) is 0 Å². The lowest BCUT2D eigenvalue weighted by molar-refractivity contribution is -0.167. The molecule has 0 bridgehead atoms. The van der Waals surface area contributed by atoms with Crippen LogP contribution in [0.5, 0.6) is 11.5 Å². The second-order valence-electron chi connectivity index (χ2n) is 7.04. The van der Waals surface area contributed by atoms with Gasteiger partial charge in [-0.05, 0) is 42.3 Å². The third kappa shape index (κ3) is 5.78. The summed E-state index contributed by atoms with van der Waals surface area (Å²) in [6.07, 6.45) is -4.29. The fraction of sp³-hybridized carbons (Fsp3) is 0.318. The molecule has 7 nitrogen and oxygen atoms in total. The van der Waals surface area contributed by atoms with Crippen LogP contribution in [0.3, 0.4) is 0 Å². The van der Waals surface area contributed by atoms with E-state index in [4.69, 9.17) is 9.47 Å². The van der Waals surface area contributed by atoms with Gasteiger partial charge in [-0.15, -0.1) is 0 Å². The number of rotatable bonds is 7. The third-order valence-corrected chi connectivity index (χ3v) is 6.09. The molecular formula is C22H22F3N3O4S. The molecule has 3 rings (SSSR count). The van der Waals surface area contributed by atoms with Gasteiger partial charge in [-0.1, -0.05) is 30.8 Å². The smallest absolute Gasteiger partial charge is 0.471 e. The van der Waals surface area contributed by atoms with E-state index in [1.807, 2.05) is 13.0 Å². The van der Waals surface area contributed by atoms with E-state index in [2.05, 4.69) is 5.10 Å². The fourth-order valence-electron chi connectivity index (χ4n) is 3.16. The normalized spacial score (nSPS) is 16.3. The number of nitrogens with one attached hydrogen (secondary N) is 1. The van der Waals surface area contributed by atoms with Gasteiger partial charge in [0.15, 0.2) is 11.5 Å². The highest BCUT2D eigenvalue weighted by Crippen LogP contribution is 2.33. The van der Waals surface area contributed by atoms with Crippen LogP contribution in [-0.2, 0) is 11.3 Å². The molecule has 33 heavy (non-hydrogen) atoms. The molecule has 1 aliphatic rings. The monoisotopic (exact) mass is 481 g/mol. The van der Waals surface area contributed by atoms with Gasteiger partial charge >= 0.3 is 17.3 Å². The first-order valence-electron chi connectivity index (χ1n) is 9.92. The molecule has 176 valence electrons. The minimum atomic E-state index is -4.97. The molecule has 11 heteroatoms. The number of methoxy groups -OCH3 is 2. The van der Waals surface area contributed by atoms with Crippen LogP contribution in [0, 0.1) is 0 Å². The molecule has 0 aliphatic carbocycles. The van der Waals surface area contributed by atoms with E-state index in [1.54, 1.807) is 24.6 Å². The zero-order valence-electron chi connectivity index (χ0n) is 18.1. The topological polar surface area (TPSA) is 80.2 Å². The van der Waals surface area contributed by atoms with E-state index >= 15 is 0 Å². The summed E-state index contributed by atoms with van der Waals surface area (Å²) in [7, 11) is 3.08. The van der Waals surface area contributed by atoms with E-state index in [-0.39, 0.29) is 22.7 Å². The number of carbonyl (C=O) groups is 2. The molecule has 0 aromatic heterocycles. The lowest BCUT2D eigenvalue weighted by Gasteiger charge is -2.28. The largest absolute Gasteiger partial charge is 0.493 e. The van der Waals surface area contributed by atoms with E-state index in [1.165, 1.54) is 36.4 Å². The standard InChI is InChI=1S/C22H22F3N3O4S/c1-4-18-19(14-7-10-16(31-2)17(11-14)32-3)27-28(21(30)33-18)12-13-5-8-15(9-6-13)26-20(29)22(23,24)25/h5-11,18H,4,12H2,1-3H3,(H,26,29). The number of carbonyl (C=O) groups excluding carboxylic acids is 2. The molecule has 0 saturated heterocycles. The van der Waals surface area contributed by atoms with Crippen LogP contribution in [0.4, 0.5) is 23.7 Å². The highest BCUT2D eigenvalue weighted by atomic mass is 32.2. The van der Waals surface area contributed by atoms with Crippen LogP contribution in [-0.4, -0.2) is 47.5 Å². The first-order chi connectivity index (χ1) is 15.7. The fourth-order valence-corrected chi connectivity index (χ4v) is 4.09. The maximum Gasteiger partial charge on any atom is 0.471 e. The van der Waals surface area contributed by atoms with Crippen molar-refractivity contribution in [1.29, 1.82) is 0 Å². The summed E-state index contributed by atoms with van der Waals surface area (Å²) >= 11 is 1.16. The van der Waals surface area contributed by atoms with E-state index < -0.39 is 12.1 Å². The third-order valence-electron chi connectivity index (χ3n) is 4.84. The van der Waals surface area contributed by atoms with Crippen LogP contribution in [0.1, 0.15) is 24.5 Å². The van der Waals surface area contributed by atoms with Crippen LogP contribution in [0.15, 0.2) is 47.6 Å². The van der Waals surface area contributed by atoms with E-state index in [0.29, 0.717) is 29.2 Å². The van der Waals surface area contributed by atoms with Crippen LogP contribution in [0.25, 0.3) is 0 Å². The Morgan fingerprint density at radius 1 is 1.12 bits per heavy atom. The minimum absolute atomic E-state index is 0.000913. The Labute approximate surface area is 192 Å². The Kier molecular flexibility index (Phi) is 7.52. The van der Waals surface area contributed by atoms with Gasteiger partial charge in [0, 0.05) is 11.3 Å². The average molecular weight is 481 g/mol. The van der Waals surface area contributed by atoms with Gasteiger partial charge in [0.1, 0.15) is 0 Å². The zero-order valence-corrected chi connectivity index (χ0v) is 18.9. The van der Waals surface area contributed by atoms with Gasteiger partial charge in [0.25, 0.3) is 0 Å². The summed E-state index contributed by atoms with van der Waals surface area (Å²) in [5.41, 5.74) is 2.13. The van der Waals surface area contributed by atoms with Crippen molar-refractivity contribution in [3.05, 3.63) is 53.6 Å². The number of alkyl halides is 3. The Balaban J connectivity index is 1.83. The molecule has 1 unspecified atom stereocenters. The molecule has 1 aliphatic heterocycles.